The first-order chi connectivity index (χ1) is 11.0. The number of carbonyl (C=O) groups is 1. The number of furan rings is 1. The van der Waals surface area contributed by atoms with Crippen molar-refractivity contribution in [3.8, 4) is 11.3 Å². The summed E-state index contributed by atoms with van der Waals surface area (Å²) in [6, 6.07) is 11.3. The number of ketones is 1. The first-order valence-corrected chi connectivity index (χ1v) is 8.30. The van der Waals surface area contributed by atoms with Gasteiger partial charge in [-0.1, -0.05) is 28.1 Å². The Morgan fingerprint density at radius 3 is 2.57 bits per heavy atom. The zero-order valence-electron chi connectivity index (χ0n) is 12.6. The Kier molecular flexibility index (Phi) is 4.37. The molecule has 1 aliphatic heterocycles. The van der Waals surface area contributed by atoms with Crippen LogP contribution in [0.4, 0.5) is 0 Å². The van der Waals surface area contributed by atoms with Crippen LogP contribution in [0.1, 0.15) is 25.6 Å². The predicted molar refractivity (Wildman–Crippen MR) is 96.8 cm³/mol. The van der Waals surface area contributed by atoms with E-state index in [0.29, 0.717) is 16.4 Å². The van der Waals surface area contributed by atoms with Crippen LogP contribution in [0.25, 0.3) is 11.3 Å². The van der Waals surface area contributed by atoms with Gasteiger partial charge in [-0.25, -0.2) is 0 Å². The standard InChI is InChI=1S/C17H15BrN2O2S/c1-9-15(10(2)21)16(20-17(23)19-9)14-8-7-13(22-14)11-3-5-12(18)6-4-11/h3-8,16H,1-2H3,(H2,19,20,23)/t16-/m0/s1. The van der Waals surface area contributed by atoms with Gasteiger partial charge in [0.15, 0.2) is 10.9 Å². The van der Waals surface area contributed by atoms with Crippen LogP contribution in [0.2, 0.25) is 0 Å². The van der Waals surface area contributed by atoms with Crippen molar-refractivity contribution in [1.82, 2.24) is 10.6 Å². The molecule has 1 atom stereocenters. The second kappa shape index (κ2) is 6.29. The van der Waals surface area contributed by atoms with E-state index < -0.39 is 0 Å². The van der Waals surface area contributed by atoms with E-state index in [1.807, 2.05) is 43.3 Å². The van der Waals surface area contributed by atoms with Crippen molar-refractivity contribution >= 4 is 39.0 Å². The van der Waals surface area contributed by atoms with Gasteiger partial charge in [0, 0.05) is 21.3 Å². The van der Waals surface area contributed by atoms with Crippen LogP contribution in [-0.2, 0) is 4.79 Å². The number of halogens is 1. The van der Waals surface area contributed by atoms with Crippen molar-refractivity contribution in [2.45, 2.75) is 19.9 Å². The summed E-state index contributed by atoms with van der Waals surface area (Å²) in [5.74, 6) is 1.40. The molecule has 0 radical (unpaired) electrons. The molecule has 2 heterocycles. The molecular formula is C17H15BrN2O2S. The Balaban J connectivity index is 1.98. The molecule has 1 aromatic carbocycles. The van der Waals surface area contributed by atoms with Crippen LogP contribution in [0.15, 0.2) is 56.6 Å². The third-order valence-corrected chi connectivity index (χ3v) is 4.44. The van der Waals surface area contributed by atoms with Crippen molar-refractivity contribution in [2.75, 3.05) is 0 Å². The summed E-state index contributed by atoms with van der Waals surface area (Å²) in [5.41, 5.74) is 2.36. The third-order valence-electron chi connectivity index (χ3n) is 3.69. The molecule has 3 rings (SSSR count). The minimum absolute atomic E-state index is 0.0170. The zero-order valence-corrected chi connectivity index (χ0v) is 15.0. The molecule has 0 saturated carbocycles. The molecule has 0 amide bonds. The van der Waals surface area contributed by atoms with Gasteiger partial charge in [-0.2, -0.15) is 0 Å². The monoisotopic (exact) mass is 390 g/mol. The Morgan fingerprint density at radius 1 is 1.22 bits per heavy atom. The van der Waals surface area contributed by atoms with Gasteiger partial charge in [-0.05, 0) is 50.3 Å². The molecular weight excluding hydrogens is 376 g/mol. The summed E-state index contributed by atoms with van der Waals surface area (Å²) in [6.07, 6.45) is 0. The molecule has 118 valence electrons. The Bertz CT molecular complexity index is 808. The molecule has 0 saturated heterocycles. The topological polar surface area (TPSA) is 54.3 Å². The molecule has 0 bridgehead atoms. The lowest BCUT2D eigenvalue weighted by Crippen LogP contribution is -2.44. The molecule has 23 heavy (non-hydrogen) atoms. The van der Waals surface area contributed by atoms with Gasteiger partial charge in [0.2, 0.25) is 0 Å². The van der Waals surface area contributed by atoms with E-state index in [-0.39, 0.29) is 11.8 Å². The molecule has 0 spiro atoms. The quantitative estimate of drug-likeness (QED) is 0.772. The van der Waals surface area contributed by atoms with Crippen molar-refractivity contribution in [3.63, 3.8) is 0 Å². The molecule has 2 N–H and O–H groups in total. The van der Waals surface area contributed by atoms with Gasteiger partial charge in [0.25, 0.3) is 0 Å². The number of hydrogen-bond donors (Lipinski definition) is 2. The molecule has 4 nitrogen and oxygen atoms in total. The highest BCUT2D eigenvalue weighted by molar-refractivity contribution is 9.10. The van der Waals surface area contributed by atoms with Gasteiger partial charge in [-0.3, -0.25) is 4.79 Å². The zero-order chi connectivity index (χ0) is 16.6. The van der Waals surface area contributed by atoms with Gasteiger partial charge < -0.3 is 15.1 Å². The Hall–Kier alpha value is -1.92. The third kappa shape index (κ3) is 3.23. The van der Waals surface area contributed by atoms with E-state index in [4.69, 9.17) is 16.6 Å². The SMILES string of the molecule is CC(=O)C1=C(C)NC(=S)N[C@H]1c1ccc(-c2ccc(Br)cc2)o1. The van der Waals surface area contributed by atoms with Gasteiger partial charge in [0.05, 0.1) is 0 Å². The van der Waals surface area contributed by atoms with Crippen LogP contribution < -0.4 is 10.6 Å². The molecule has 0 aliphatic carbocycles. The van der Waals surface area contributed by atoms with Gasteiger partial charge in [0.1, 0.15) is 17.6 Å². The smallest absolute Gasteiger partial charge is 0.171 e. The van der Waals surface area contributed by atoms with Crippen LogP contribution >= 0.6 is 28.1 Å². The average Bonchev–Trinajstić information content (AvgIpc) is 2.96. The summed E-state index contributed by atoms with van der Waals surface area (Å²) in [5, 5.41) is 6.58. The summed E-state index contributed by atoms with van der Waals surface area (Å²) in [7, 11) is 0. The number of hydrogen-bond acceptors (Lipinski definition) is 3. The minimum atomic E-state index is -0.370. The lowest BCUT2D eigenvalue weighted by atomic mass is 9.98. The van der Waals surface area contributed by atoms with E-state index in [2.05, 4.69) is 26.6 Å². The second-order valence-electron chi connectivity index (χ2n) is 5.34. The maximum atomic E-state index is 12.0. The van der Waals surface area contributed by atoms with Crippen LogP contribution in [0, 0.1) is 0 Å². The van der Waals surface area contributed by atoms with Crippen molar-refractivity contribution < 1.29 is 9.21 Å². The number of Topliss-reactive ketones (excluding diaryl/α,β-unsaturated/α-hetero) is 1. The highest BCUT2D eigenvalue weighted by Gasteiger charge is 2.30. The maximum absolute atomic E-state index is 12.0. The fourth-order valence-corrected chi connectivity index (χ4v) is 3.19. The summed E-state index contributed by atoms with van der Waals surface area (Å²) >= 11 is 8.62. The summed E-state index contributed by atoms with van der Waals surface area (Å²) < 4.78 is 6.98. The van der Waals surface area contributed by atoms with E-state index >= 15 is 0 Å². The van der Waals surface area contributed by atoms with Crippen LogP contribution in [-0.4, -0.2) is 10.9 Å². The van der Waals surface area contributed by atoms with E-state index in [9.17, 15) is 4.79 Å². The van der Waals surface area contributed by atoms with E-state index in [0.717, 1.165) is 21.5 Å². The largest absolute Gasteiger partial charge is 0.459 e. The van der Waals surface area contributed by atoms with Crippen molar-refractivity contribution in [3.05, 3.63) is 57.9 Å². The Morgan fingerprint density at radius 2 is 1.91 bits per heavy atom. The Labute approximate surface area is 148 Å². The van der Waals surface area contributed by atoms with E-state index in [1.165, 1.54) is 0 Å². The highest BCUT2D eigenvalue weighted by atomic mass is 79.9. The molecule has 0 fully saturated rings. The van der Waals surface area contributed by atoms with Crippen LogP contribution in [0.5, 0.6) is 0 Å². The fourth-order valence-electron chi connectivity index (χ4n) is 2.65. The highest BCUT2D eigenvalue weighted by Crippen LogP contribution is 2.32. The van der Waals surface area contributed by atoms with Crippen LogP contribution in [0.3, 0.4) is 0 Å². The first-order valence-electron chi connectivity index (χ1n) is 7.10. The normalized spacial score (nSPS) is 17.7. The lowest BCUT2D eigenvalue weighted by Gasteiger charge is -2.28. The first kappa shape index (κ1) is 16.0. The fraction of sp³-hybridized carbons (Fsp3) is 0.176. The number of rotatable bonds is 3. The predicted octanol–water partition coefficient (Wildman–Crippen LogP) is 4.09. The number of thiocarbonyl (C=S) groups is 1. The molecule has 1 aliphatic rings. The number of benzene rings is 1. The lowest BCUT2D eigenvalue weighted by molar-refractivity contribution is -0.114. The molecule has 0 unspecified atom stereocenters. The average molecular weight is 391 g/mol. The van der Waals surface area contributed by atoms with Gasteiger partial charge in [-0.15, -0.1) is 0 Å². The number of carbonyl (C=O) groups excluding carboxylic acids is 1. The minimum Gasteiger partial charge on any atom is -0.459 e. The van der Waals surface area contributed by atoms with E-state index in [1.54, 1.807) is 6.92 Å². The molecule has 2 aromatic rings. The molecule has 6 heteroatoms. The number of allylic oxidation sites excluding steroid dienone is 1. The number of nitrogens with one attached hydrogen (secondary N) is 2. The summed E-state index contributed by atoms with van der Waals surface area (Å²) in [4.78, 5) is 12.0. The second-order valence-corrected chi connectivity index (χ2v) is 6.66. The summed E-state index contributed by atoms with van der Waals surface area (Å²) in [6.45, 7) is 3.39. The van der Waals surface area contributed by atoms with Crippen molar-refractivity contribution in [2.24, 2.45) is 0 Å². The molecule has 1 aromatic heterocycles. The van der Waals surface area contributed by atoms with Gasteiger partial charge >= 0.3 is 0 Å². The maximum Gasteiger partial charge on any atom is 0.171 e. The van der Waals surface area contributed by atoms with Crippen molar-refractivity contribution in [1.29, 1.82) is 0 Å².